The Balaban J connectivity index is 0.898. The predicted octanol–water partition coefficient (Wildman–Crippen LogP) is 9.77. The van der Waals surface area contributed by atoms with E-state index in [9.17, 15) is 19.2 Å². The zero-order valence-electron chi connectivity index (χ0n) is 34.2. The first-order chi connectivity index (χ1) is 31.2. The second-order valence-corrected chi connectivity index (χ2v) is 21.3. The average molecular weight is 969 g/mol. The van der Waals surface area contributed by atoms with Gasteiger partial charge in [0.05, 0.1) is 0 Å². The molecule has 6 aromatic carbocycles. The summed E-state index contributed by atoms with van der Waals surface area (Å²) in [5.41, 5.74) is 9.12. The minimum atomic E-state index is -0.520. The van der Waals surface area contributed by atoms with Crippen LogP contribution in [0.3, 0.4) is 0 Å². The third kappa shape index (κ3) is 7.85. The summed E-state index contributed by atoms with van der Waals surface area (Å²) in [6, 6.07) is 51.0. The van der Waals surface area contributed by atoms with Gasteiger partial charge in [0.1, 0.15) is 0 Å². The molecule has 2 aliphatic heterocycles. The summed E-state index contributed by atoms with van der Waals surface area (Å²) < 4.78 is 26.2. The van der Waals surface area contributed by atoms with Gasteiger partial charge < -0.3 is 0 Å². The van der Waals surface area contributed by atoms with Gasteiger partial charge in [-0.15, -0.1) is 0 Å². The molecule has 0 saturated heterocycles. The van der Waals surface area contributed by atoms with Crippen LogP contribution in [0.2, 0.25) is 0 Å². The summed E-state index contributed by atoms with van der Waals surface area (Å²) in [7, 11) is 0. The Morgan fingerprint density at radius 2 is 0.844 bits per heavy atom. The zero-order chi connectivity index (χ0) is 43.9. The van der Waals surface area contributed by atoms with E-state index in [2.05, 4.69) is 0 Å². The molecule has 64 heavy (non-hydrogen) atoms. The van der Waals surface area contributed by atoms with Gasteiger partial charge >= 0.3 is 368 Å². The summed E-state index contributed by atoms with van der Waals surface area (Å²) in [6.07, 6.45) is 0. The standard InChI is InChI=1S/C54H34O8Se2/c1-31-11-3-5-13-37(31)51-39-23-19-33(55)27-45(39)61-47-29-35(21-25-41(47)51)59-53(57)43-15-7-9-17-49(43)63-64-50-18-10-8-16-44(50)54(58)60-36-22-26-42-48(30-36)62-46-28-34(56)20-24-40(46)52(42)38-14-6-4-12-32(38)2/h3-30H,1-2H3. The maximum absolute atomic E-state index is 13.9. The van der Waals surface area contributed by atoms with Crippen molar-refractivity contribution in [2.75, 3.05) is 0 Å². The van der Waals surface area contributed by atoms with Crippen molar-refractivity contribution < 1.29 is 27.9 Å². The van der Waals surface area contributed by atoms with Gasteiger partial charge in [-0.1, -0.05) is 12.1 Å². The molecule has 0 amide bonds. The number of ether oxygens (including phenoxy) is 2. The van der Waals surface area contributed by atoms with Crippen LogP contribution in [0, 0.1) is 13.8 Å². The number of hydrogen-bond acceptors (Lipinski definition) is 8. The van der Waals surface area contributed by atoms with Crippen LogP contribution in [0.25, 0.3) is 66.8 Å². The Hall–Kier alpha value is -7.32. The maximum atomic E-state index is 13.9. The Labute approximate surface area is 377 Å². The van der Waals surface area contributed by atoms with Gasteiger partial charge in [-0.2, -0.15) is 0 Å². The first-order valence-electron chi connectivity index (χ1n) is 20.3. The zero-order valence-corrected chi connectivity index (χ0v) is 37.7. The molecule has 6 aromatic rings. The van der Waals surface area contributed by atoms with Crippen LogP contribution in [0.5, 0.6) is 11.5 Å². The average Bonchev–Trinajstić information content (AvgIpc) is 3.30. The fourth-order valence-corrected chi connectivity index (χ4v) is 15.0. The SMILES string of the molecule is Cc1ccccc1-c1c2ccc(=O)cc-2oc2cc(OC(=O)c3ccccc3[Se][Se]c3ccccc3C(=O)Oc3ccc4c(-c5ccccc5C)c5ccc(=O)cc-5oc4c3)ccc12. The third-order valence-electron chi connectivity index (χ3n) is 11.0. The number of carbonyl (C=O) groups is 2. The summed E-state index contributed by atoms with van der Waals surface area (Å²) in [4.78, 5) is 52.5. The predicted molar refractivity (Wildman–Crippen MR) is 252 cm³/mol. The molecule has 0 N–H and O–H groups in total. The number of esters is 2. The molecule has 2 heterocycles. The van der Waals surface area contributed by atoms with Gasteiger partial charge in [0, 0.05) is 0 Å². The topological polar surface area (TPSA) is 113 Å². The fraction of sp³-hybridized carbons (Fsp3) is 0.0370. The second-order valence-electron chi connectivity index (χ2n) is 15.2. The van der Waals surface area contributed by atoms with E-state index < -0.39 is 11.9 Å². The minimum absolute atomic E-state index is 0.169. The van der Waals surface area contributed by atoms with Crippen molar-refractivity contribution in [3.63, 3.8) is 0 Å². The molecule has 10 rings (SSSR count). The van der Waals surface area contributed by atoms with Crippen LogP contribution >= 0.6 is 0 Å². The molecule has 8 nitrogen and oxygen atoms in total. The molecule has 0 radical (unpaired) electrons. The first-order valence-corrected chi connectivity index (χ1v) is 26.3. The van der Waals surface area contributed by atoms with E-state index in [0.717, 1.165) is 64.2 Å². The van der Waals surface area contributed by atoms with E-state index in [-0.39, 0.29) is 37.1 Å². The van der Waals surface area contributed by atoms with E-state index in [0.29, 0.717) is 45.3 Å². The molecule has 0 atom stereocenters. The van der Waals surface area contributed by atoms with E-state index in [1.54, 1.807) is 60.7 Å². The van der Waals surface area contributed by atoms with E-state index in [1.807, 2.05) is 98.8 Å². The normalized spacial score (nSPS) is 11.3. The number of rotatable bonds is 9. The summed E-state index contributed by atoms with van der Waals surface area (Å²) in [5.74, 6) is 0.436. The third-order valence-corrected chi connectivity index (χ3v) is 18.3. The summed E-state index contributed by atoms with van der Waals surface area (Å²) in [5, 5.41) is 1.64. The van der Waals surface area contributed by atoms with Crippen molar-refractivity contribution in [3.8, 4) is 56.4 Å². The van der Waals surface area contributed by atoms with E-state index in [4.69, 9.17) is 18.3 Å². The Morgan fingerprint density at radius 1 is 0.438 bits per heavy atom. The number of carbonyl (C=O) groups excluding carboxylic acids is 2. The van der Waals surface area contributed by atoms with Gasteiger partial charge in [0.25, 0.3) is 0 Å². The molecular formula is C54H34O8Se2. The molecule has 10 heteroatoms. The Bertz CT molecular complexity index is 3300. The van der Waals surface area contributed by atoms with Crippen LogP contribution in [0.1, 0.15) is 31.8 Å². The quantitative estimate of drug-likeness (QED) is 0.0609. The number of hydrogen-bond donors (Lipinski definition) is 0. The van der Waals surface area contributed by atoms with Crippen molar-refractivity contribution in [1.29, 1.82) is 0 Å². The van der Waals surface area contributed by atoms with Gasteiger partial charge in [-0.25, -0.2) is 0 Å². The van der Waals surface area contributed by atoms with E-state index >= 15 is 0 Å². The molecule has 0 spiro atoms. The van der Waals surface area contributed by atoms with Crippen LogP contribution in [-0.2, 0) is 0 Å². The Morgan fingerprint density at radius 3 is 1.28 bits per heavy atom. The number of aryl methyl sites for hydroxylation is 2. The molecule has 4 aliphatic rings. The van der Waals surface area contributed by atoms with Gasteiger partial charge in [0.15, 0.2) is 0 Å². The van der Waals surface area contributed by atoms with Gasteiger partial charge in [-0.05, 0) is 0 Å². The molecule has 0 aromatic heterocycles. The van der Waals surface area contributed by atoms with Crippen LogP contribution in [0.4, 0.5) is 0 Å². The molecule has 0 fully saturated rings. The summed E-state index contributed by atoms with van der Waals surface area (Å²) >= 11 is -0.464. The van der Waals surface area contributed by atoms with Crippen molar-refractivity contribution in [2.24, 2.45) is 0 Å². The van der Waals surface area contributed by atoms with E-state index in [1.165, 1.54) is 24.3 Å². The van der Waals surface area contributed by atoms with Crippen LogP contribution in [0.15, 0.2) is 188 Å². The molecule has 0 saturated carbocycles. The van der Waals surface area contributed by atoms with Gasteiger partial charge in [-0.3, -0.25) is 0 Å². The van der Waals surface area contributed by atoms with Crippen LogP contribution in [-0.4, -0.2) is 38.2 Å². The number of benzene rings is 8. The monoisotopic (exact) mass is 970 g/mol. The molecule has 0 unspecified atom stereocenters. The van der Waals surface area contributed by atoms with Crippen molar-refractivity contribution in [3.05, 3.63) is 213 Å². The molecular weight excluding hydrogens is 935 g/mol. The van der Waals surface area contributed by atoms with Gasteiger partial charge in [0.2, 0.25) is 0 Å². The van der Waals surface area contributed by atoms with Crippen molar-refractivity contribution in [1.82, 2.24) is 0 Å². The fourth-order valence-electron chi connectivity index (χ4n) is 7.95. The van der Waals surface area contributed by atoms with Crippen molar-refractivity contribution >= 4 is 69.1 Å². The Kier molecular flexibility index (Phi) is 10.9. The van der Waals surface area contributed by atoms with Crippen LogP contribution < -0.4 is 29.3 Å². The first kappa shape index (κ1) is 40.7. The molecule has 310 valence electrons. The van der Waals surface area contributed by atoms with Crippen molar-refractivity contribution in [2.45, 2.75) is 13.8 Å². The molecule has 2 aliphatic carbocycles. The number of fused-ring (bicyclic) bond motifs is 4. The molecule has 0 bridgehead atoms. The second kappa shape index (κ2) is 17.1. The summed E-state index contributed by atoms with van der Waals surface area (Å²) in [6.45, 7) is 4.08.